The van der Waals surface area contributed by atoms with Crippen LogP contribution in [0.5, 0.6) is 0 Å². The van der Waals surface area contributed by atoms with Crippen molar-refractivity contribution in [1.82, 2.24) is 4.90 Å². The van der Waals surface area contributed by atoms with Crippen LogP contribution >= 0.6 is 11.8 Å². The minimum atomic E-state index is 0.738. The van der Waals surface area contributed by atoms with E-state index in [9.17, 15) is 0 Å². The van der Waals surface area contributed by atoms with Gasteiger partial charge in [0, 0.05) is 39.3 Å². The Balaban J connectivity index is 1.71. The van der Waals surface area contributed by atoms with Gasteiger partial charge in [-0.15, -0.1) is 11.8 Å². The van der Waals surface area contributed by atoms with E-state index in [0.717, 1.165) is 30.3 Å². The fourth-order valence-corrected chi connectivity index (χ4v) is 6.44. The molecular formula is C36H47NS. The minimum Gasteiger partial charge on any atom is -0.341 e. The Bertz CT molecular complexity index is 1270. The molecule has 3 aromatic rings. The van der Waals surface area contributed by atoms with E-state index in [2.05, 4.69) is 93.6 Å². The summed E-state index contributed by atoms with van der Waals surface area (Å²) in [6.07, 6.45) is 14.9. The number of hydrogen-bond donors (Lipinski definition) is 0. The molecule has 0 saturated heterocycles. The Hall–Kier alpha value is -2.45. The molecule has 3 aromatic carbocycles. The van der Waals surface area contributed by atoms with E-state index >= 15 is 0 Å². The Morgan fingerprint density at radius 2 is 1.47 bits per heavy atom. The van der Waals surface area contributed by atoms with Gasteiger partial charge in [0.15, 0.2) is 0 Å². The lowest BCUT2D eigenvalue weighted by atomic mass is 9.85. The molecular weight excluding hydrogens is 478 g/mol. The average Bonchev–Trinajstić information content (AvgIpc) is 2.95. The van der Waals surface area contributed by atoms with Crippen LogP contribution in [-0.2, 0) is 6.42 Å². The second-order valence-electron chi connectivity index (χ2n) is 11.1. The molecule has 1 heterocycles. The van der Waals surface area contributed by atoms with Crippen LogP contribution in [0.3, 0.4) is 0 Å². The van der Waals surface area contributed by atoms with E-state index in [0.29, 0.717) is 0 Å². The van der Waals surface area contributed by atoms with Crippen LogP contribution in [0.2, 0.25) is 0 Å². The lowest BCUT2D eigenvalue weighted by Gasteiger charge is -2.35. The van der Waals surface area contributed by atoms with Gasteiger partial charge in [0.25, 0.3) is 0 Å². The van der Waals surface area contributed by atoms with E-state index in [1.807, 2.05) is 11.8 Å². The van der Waals surface area contributed by atoms with Gasteiger partial charge in [-0.3, -0.25) is 0 Å². The van der Waals surface area contributed by atoms with Gasteiger partial charge in [-0.25, -0.2) is 0 Å². The highest BCUT2D eigenvalue weighted by Crippen LogP contribution is 2.46. The molecule has 0 saturated carbocycles. The molecule has 0 radical (unpaired) electrons. The van der Waals surface area contributed by atoms with Gasteiger partial charge in [-0.1, -0.05) is 115 Å². The maximum absolute atomic E-state index is 4.66. The van der Waals surface area contributed by atoms with Crippen molar-refractivity contribution in [3.8, 4) is 11.1 Å². The smallest absolute Gasteiger partial charge is 0.0417 e. The van der Waals surface area contributed by atoms with Gasteiger partial charge in [0.2, 0.25) is 0 Å². The van der Waals surface area contributed by atoms with E-state index in [-0.39, 0.29) is 0 Å². The number of nitrogens with zero attached hydrogens (tertiary/aromatic N) is 1. The molecule has 0 fully saturated rings. The van der Waals surface area contributed by atoms with Crippen molar-refractivity contribution in [2.75, 3.05) is 12.8 Å². The molecule has 0 bridgehead atoms. The summed E-state index contributed by atoms with van der Waals surface area (Å²) in [7, 11) is 0. The molecule has 0 aromatic heterocycles. The predicted molar refractivity (Wildman–Crippen MR) is 172 cm³/mol. The molecule has 1 atom stereocenters. The van der Waals surface area contributed by atoms with E-state index in [1.165, 1.54) is 101 Å². The molecule has 4 rings (SSSR count). The van der Waals surface area contributed by atoms with Gasteiger partial charge in [0.05, 0.1) is 0 Å². The highest BCUT2D eigenvalue weighted by molar-refractivity contribution is 7.98. The zero-order valence-electron chi connectivity index (χ0n) is 24.2. The second-order valence-corrected chi connectivity index (χ2v) is 12.0. The first-order chi connectivity index (χ1) is 18.5. The first kappa shape index (κ1) is 28.6. The molecule has 1 aliphatic heterocycles. The summed E-state index contributed by atoms with van der Waals surface area (Å²) in [4.78, 5) is 3.72. The summed E-state index contributed by atoms with van der Waals surface area (Å²) < 4.78 is 0. The summed E-state index contributed by atoms with van der Waals surface area (Å²) in [5.74, 6) is 0.738. The summed E-state index contributed by atoms with van der Waals surface area (Å²) in [5, 5.41) is 2.68. The molecule has 38 heavy (non-hydrogen) atoms. The average molecular weight is 526 g/mol. The Labute approximate surface area is 236 Å². The van der Waals surface area contributed by atoms with Crippen LogP contribution in [0.25, 0.3) is 33.3 Å². The third kappa shape index (κ3) is 6.23. The third-order valence-corrected chi connectivity index (χ3v) is 9.25. The Morgan fingerprint density at radius 1 is 0.789 bits per heavy atom. The number of aryl methyl sites for hydroxylation is 1. The van der Waals surface area contributed by atoms with Gasteiger partial charge in [-0.2, -0.15) is 0 Å². The molecule has 0 N–H and O–H groups in total. The predicted octanol–water partition coefficient (Wildman–Crippen LogP) is 11.2. The van der Waals surface area contributed by atoms with Gasteiger partial charge in [-0.05, 0) is 65.6 Å². The first-order valence-corrected chi connectivity index (χ1v) is 16.1. The fourth-order valence-electron chi connectivity index (χ4n) is 5.83. The highest BCUT2D eigenvalue weighted by atomic mass is 32.2. The number of benzene rings is 3. The van der Waals surface area contributed by atoms with Crippen LogP contribution in [-0.4, -0.2) is 17.7 Å². The van der Waals surface area contributed by atoms with Crippen LogP contribution in [0, 0.1) is 5.92 Å². The first-order valence-electron chi connectivity index (χ1n) is 14.9. The summed E-state index contributed by atoms with van der Waals surface area (Å²) in [6.45, 7) is 17.2. The van der Waals surface area contributed by atoms with Gasteiger partial charge < -0.3 is 4.90 Å². The van der Waals surface area contributed by atoms with Crippen LogP contribution < -0.4 is 0 Å². The lowest BCUT2D eigenvalue weighted by molar-refractivity contribution is 0.497. The van der Waals surface area contributed by atoms with Crippen molar-refractivity contribution in [3.63, 3.8) is 0 Å². The number of rotatable bonds is 14. The maximum atomic E-state index is 4.66. The molecule has 0 spiro atoms. The standard InChI is InChI=1S/C36H47NS/c1-7-9-10-11-12-13-16-23-37-27(4)30-21-22-31(32-17-14-15-18-35(32)38-6)34-25-29(20-19-26(3)8-2)24-33(28(37)5)36(30)34/h14-15,17-18,21-22,24-26H,4-5,7-13,16,19-20,23H2,1-3,6H3. The van der Waals surface area contributed by atoms with Gasteiger partial charge in [0.1, 0.15) is 0 Å². The van der Waals surface area contributed by atoms with Gasteiger partial charge >= 0.3 is 0 Å². The third-order valence-electron chi connectivity index (χ3n) is 8.45. The van der Waals surface area contributed by atoms with Crippen LogP contribution in [0.15, 0.2) is 66.6 Å². The number of unbranched alkanes of at least 4 members (excludes halogenated alkanes) is 6. The minimum absolute atomic E-state index is 0.738. The van der Waals surface area contributed by atoms with E-state index in [1.54, 1.807) is 0 Å². The monoisotopic (exact) mass is 525 g/mol. The zero-order valence-corrected chi connectivity index (χ0v) is 25.1. The topological polar surface area (TPSA) is 3.24 Å². The maximum Gasteiger partial charge on any atom is 0.0417 e. The van der Waals surface area contributed by atoms with Crippen molar-refractivity contribution in [2.45, 2.75) is 89.9 Å². The quantitative estimate of drug-likeness (QED) is 0.152. The molecule has 1 aliphatic rings. The van der Waals surface area contributed by atoms with Crippen molar-refractivity contribution in [3.05, 3.63) is 78.4 Å². The van der Waals surface area contributed by atoms with Crippen molar-refractivity contribution < 1.29 is 0 Å². The molecule has 2 heteroatoms. The summed E-state index contributed by atoms with van der Waals surface area (Å²) in [5.41, 5.74) is 8.87. The molecule has 1 unspecified atom stereocenters. The molecule has 202 valence electrons. The van der Waals surface area contributed by atoms with Crippen molar-refractivity contribution in [2.24, 2.45) is 5.92 Å². The summed E-state index contributed by atoms with van der Waals surface area (Å²) in [6, 6.07) is 18.4. The SMILES string of the molecule is C=C1c2ccc(-c3ccccc3SC)c3cc(CCC(C)CC)cc(c23)C(=C)N1CCCCCCCCC. The number of hydrogen-bond acceptors (Lipinski definition) is 2. The molecule has 0 aliphatic carbocycles. The lowest BCUT2D eigenvalue weighted by Crippen LogP contribution is -2.25. The molecule has 1 nitrogen and oxygen atoms in total. The molecule has 0 amide bonds. The zero-order chi connectivity index (χ0) is 27.1. The Kier molecular flexibility index (Phi) is 10.2. The van der Waals surface area contributed by atoms with Crippen molar-refractivity contribution in [1.29, 1.82) is 0 Å². The van der Waals surface area contributed by atoms with E-state index in [4.69, 9.17) is 0 Å². The van der Waals surface area contributed by atoms with Crippen molar-refractivity contribution >= 4 is 33.9 Å². The summed E-state index contributed by atoms with van der Waals surface area (Å²) >= 11 is 1.82. The fraction of sp³-hybridized carbons (Fsp3) is 0.444. The highest BCUT2D eigenvalue weighted by Gasteiger charge is 2.26. The normalized spacial score (nSPS) is 13.9. The Morgan fingerprint density at radius 3 is 2.21 bits per heavy atom. The van der Waals surface area contributed by atoms with Crippen LogP contribution in [0.4, 0.5) is 0 Å². The second kappa shape index (κ2) is 13.6. The van der Waals surface area contributed by atoms with Crippen LogP contribution in [0.1, 0.15) is 95.2 Å². The van der Waals surface area contributed by atoms with E-state index < -0.39 is 0 Å². The largest absolute Gasteiger partial charge is 0.341 e. The number of thioether (sulfide) groups is 1.